The Morgan fingerprint density at radius 2 is 1.91 bits per heavy atom. The van der Waals surface area contributed by atoms with Crippen LogP contribution in [0.4, 0.5) is 5.13 Å². The summed E-state index contributed by atoms with van der Waals surface area (Å²) in [6.45, 7) is 10.1. The summed E-state index contributed by atoms with van der Waals surface area (Å²) >= 11 is 7.48. The summed E-state index contributed by atoms with van der Waals surface area (Å²) in [5, 5.41) is 6.16. The molecule has 0 unspecified atom stereocenters. The lowest BCUT2D eigenvalue weighted by atomic mass is 9.84. The number of amides is 1. The number of anilines is 1. The Kier molecular flexibility index (Phi) is 4.64. The maximum Gasteiger partial charge on any atom is 0.236 e. The molecule has 0 aliphatic carbocycles. The molecule has 0 aliphatic heterocycles. The van der Waals surface area contributed by atoms with E-state index in [-0.39, 0.29) is 11.3 Å². The van der Waals surface area contributed by atoms with Gasteiger partial charge in [-0.25, -0.2) is 4.98 Å². The van der Waals surface area contributed by atoms with Crippen molar-refractivity contribution in [2.45, 2.75) is 45.4 Å². The van der Waals surface area contributed by atoms with Crippen LogP contribution in [0.5, 0.6) is 0 Å². The van der Waals surface area contributed by atoms with Crippen molar-refractivity contribution in [2.75, 3.05) is 5.32 Å². The van der Waals surface area contributed by atoms with Crippen molar-refractivity contribution >= 4 is 34.0 Å². The first-order valence-corrected chi connectivity index (χ1v) is 8.40. The van der Waals surface area contributed by atoms with Crippen LogP contribution in [0.25, 0.3) is 0 Å². The highest BCUT2D eigenvalue weighted by molar-refractivity contribution is 7.14. The third-order valence-electron chi connectivity index (χ3n) is 3.61. The van der Waals surface area contributed by atoms with Crippen LogP contribution in [0.1, 0.15) is 45.9 Å². The molecule has 0 aliphatic rings. The topological polar surface area (TPSA) is 42.0 Å². The Morgan fingerprint density at radius 3 is 2.45 bits per heavy atom. The zero-order valence-electron chi connectivity index (χ0n) is 13.5. The number of halogens is 1. The molecule has 3 nitrogen and oxygen atoms in total. The fourth-order valence-corrected chi connectivity index (χ4v) is 3.06. The number of hydrogen-bond acceptors (Lipinski definition) is 3. The number of carbonyl (C=O) groups is 1. The van der Waals surface area contributed by atoms with E-state index in [1.54, 1.807) is 6.07 Å². The molecular formula is C17H21ClN2OS. The van der Waals surface area contributed by atoms with Gasteiger partial charge < -0.3 is 5.32 Å². The zero-order chi connectivity index (χ0) is 16.5. The Labute approximate surface area is 140 Å². The number of thiazole rings is 1. The molecule has 0 bridgehead atoms. The smallest absolute Gasteiger partial charge is 0.236 e. The van der Waals surface area contributed by atoms with Crippen molar-refractivity contribution < 1.29 is 4.79 Å². The lowest BCUT2D eigenvalue weighted by Gasteiger charge is -2.23. The molecule has 22 heavy (non-hydrogen) atoms. The second-order valence-corrected chi connectivity index (χ2v) is 8.17. The molecule has 2 rings (SSSR count). The predicted molar refractivity (Wildman–Crippen MR) is 93.9 cm³/mol. The third-order valence-corrected chi connectivity index (χ3v) is 4.60. The van der Waals surface area contributed by atoms with Gasteiger partial charge in [0, 0.05) is 15.8 Å². The average Bonchev–Trinajstić information content (AvgIpc) is 2.87. The van der Waals surface area contributed by atoms with Crippen molar-refractivity contribution in [1.29, 1.82) is 0 Å². The van der Waals surface area contributed by atoms with Gasteiger partial charge in [0.2, 0.25) is 5.91 Å². The van der Waals surface area contributed by atoms with Gasteiger partial charge in [0.05, 0.1) is 11.1 Å². The van der Waals surface area contributed by atoms with Gasteiger partial charge in [0.25, 0.3) is 0 Å². The number of nitrogens with one attached hydrogen (secondary N) is 1. The zero-order valence-corrected chi connectivity index (χ0v) is 15.1. The van der Waals surface area contributed by atoms with Crippen LogP contribution in [0.15, 0.2) is 29.6 Å². The summed E-state index contributed by atoms with van der Waals surface area (Å²) in [5.41, 5.74) is 1.15. The van der Waals surface area contributed by atoms with Crippen LogP contribution >= 0.6 is 22.9 Å². The minimum Gasteiger partial charge on any atom is -0.301 e. The second-order valence-electron chi connectivity index (χ2n) is 6.88. The van der Waals surface area contributed by atoms with Gasteiger partial charge in [-0.3, -0.25) is 4.79 Å². The quantitative estimate of drug-likeness (QED) is 0.856. The summed E-state index contributed by atoms with van der Waals surface area (Å²) in [6.07, 6.45) is 0. The molecule has 1 amide bonds. The van der Waals surface area contributed by atoms with Gasteiger partial charge in [-0.05, 0) is 31.5 Å². The molecule has 0 atom stereocenters. The number of rotatable bonds is 3. The molecule has 0 saturated carbocycles. The second kappa shape index (κ2) is 6.01. The molecule has 1 heterocycles. The van der Waals surface area contributed by atoms with E-state index < -0.39 is 5.41 Å². The molecule has 5 heteroatoms. The van der Waals surface area contributed by atoms with E-state index in [0.717, 1.165) is 11.3 Å². The molecule has 0 spiro atoms. The molecule has 0 radical (unpaired) electrons. The third kappa shape index (κ3) is 3.68. The summed E-state index contributed by atoms with van der Waals surface area (Å²) < 4.78 is 0. The first kappa shape index (κ1) is 17.0. The molecule has 0 saturated heterocycles. The summed E-state index contributed by atoms with van der Waals surface area (Å²) in [6, 6.07) is 7.39. The van der Waals surface area contributed by atoms with Gasteiger partial charge in [-0.2, -0.15) is 0 Å². The Balaban J connectivity index is 2.19. The van der Waals surface area contributed by atoms with E-state index in [1.165, 1.54) is 11.3 Å². The average molecular weight is 337 g/mol. The summed E-state index contributed by atoms with van der Waals surface area (Å²) in [4.78, 5) is 17.1. The Morgan fingerprint density at radius 1 is 1.23 bits per heavy atom. The minimum atomic E-state index is -0.682. The SMILES string of the molecule is CC(C)(C)c1csc(NC(=O)C(C)(C)c2cccc(Cl)c2)n1. The standard InChI is InChI=1S/C17H21ClN2OS/c1-16(2,3)13-10-22-15(19-13)20-14(21)17(4,5)11-7-6-8-12(18)9-11/h6-10H,1-5H3,(H,19,20,21). The monoisotopic (exact) mass is 336 g/mol. The van der Waals surface area contributed by atoms with Crippen LogP contribution in [0.2, 0.25) is 5.02 Å². The van der Waals surface area contributed by atoms with Gasteiger partial charge in [0.1, 0.15) is 0 Å². The minimum absolute atomic E-state index is 0.0258. The Hall–Kier alpha value is -1.39. The fourth-order valence-electron chi connectivity index (χ4n) is 1.94. The predicted octanol–water partition coefficient (Wildman–Crippen LogP) is 5.01. The highest BCUT2D eigenvalue weighted by Gasteiger charge is 2.31. The van der Waals surface area contributed by atoms with Crippen molar-refractivity contribution in [3.05, 3.63) is 45.9 Å². The van der Waals surface area contributed by atoms with E-state index in [4.69, 9.17) is 11.6 Å². The number of carbonyl (C=O) groups excluding carboxylic acids is 1. The lowest BCUT2D eigenvalue weighted by Crippen LogP contribution is -2.34. The molecule has 1 N–H and O–H groups in total. The van der Waals surface area contributed by atoms with E-state index >= 15 is 0 Å². The number of nitrogens with zero attached hydrogens (tertiary/aromatic N) is 1. The largest absolute Gasteiger partial charge is 0.301 e. The number of hydrogen-bond donors (Lipinski definition) is 1. The van der Waals surface area contributed by atoms with Crippen LogP contribution in [-0.4, -0.2) is 10.9 Å². The summed E-state index contributed by atoms with van der Waals surface area (Å²) in [5.74, 6) is -0.0930. The van der Waals surface area contributed by atoms with Crippen molar-refractivity contribution in [3.8, 4) is 0 Å². The van der Waals surface area contributed by atoms with Gasteiger partial charge in [0.15, 0.2) is 5.13 Å². The van der Waals surface area contributed by atoms with Crippen LogP contribution in [0, 0.1) is 0 Å². The van der Waals surface area contributed by atoms with Gasteiger partial charge in [-0.15, -0.1) is 11.3 Å². The van der Waals surface area contributed by atoms with Crippen molar-refractivity contribution in [1.82, 2.24) is 4.98 Å². The normalized spacial score (nSPS) is 12.3. The molecule has 2 aromatic rings. The van der Waals surface area contributed by atoms with Crippen molar-refractivity contribution in [2.24, 2.45) is 0 Å². The molecule has 118 valence electrons. The first-order valence-electron chi connectivity index (χ1n) is 7.14. The van der Waals surface area contributed by atoms with E-state index in [9.17, 15) is 4.79 Å². The molecular weight excluding hydrogens is 316 g/mol. The lowest BCUT2D eigenvalue weighted by molar-refractivity contribution is -0.120. The molecule has 1 aromatic heterocycles. The van der Waals surface area contributed by atoms with Crippen molar-refractivity contribution in [3.63, 3.8) is 0 Å². The van der Waals surface area contributed by atoms with Gasteiger partial charge >= 0.3 is 0 Å². The maximum absolute atomic E-state index is 12.6. The van der Waals surface area contributed by atoms with Crippen LogP contribution in [0.3, 0.4) is 0 Å². The molecule has 1 aromatic carbocycles. The van der Waals surface area contributed by atoms with E-state index in [2.05, 4.69) is 31.1 Å². The van der Waals surface area contributed by atoms with Crippen LogP contribution < -0.4 is 5.32 Å². The number of benzene rings is 1. The summed E-state index contributed by atoms with van der Waals surface area (Å²) in [7, 11) is 0. The van der Waals surface area contributed by atoms with E-state index in [0.29, 0.717) is 10.2 Å². The van der Waals surface area contributed by atoms with E-state index in [1.807, 2.05) is 37.4 Å². The first-order chi connectivity index (χ1) is 10.1. The van der Waals surface area contributed by atoms with Gasteiger partial charge in [-0.1, -0.05) is 44.5 Å². The molecule has 0 fully saturated rings. The number of aromatic nitrogens is 1. The fraction of sp³-hybridized carbons (Fsp3) is 0.412. The highest BCUT2D eigenvalue weighted by atomic mass is 35.5. The van der Waals surface area contributed by atoms with Crippen LogP contribution in [-0.2, 0) is 15.6 Å². The Bertz CT molecular complexity index is 686. The highest BCUT2D eigenvalue weighted by Crippen LogP contribution is 2.30. The maximum atomic E-state index is 12.6.